The maximum absolute atomic E-state index is 12.2. The summed E-state index contributed by atoms with van der Waals surface area (Å²) in [6.45, 7) is 0. The summed E-state index contributed by atoms with van der Waals surface area (Å²) >= 11 is 1.44. The first-order chi connectivity index (χ1) is 11.2. The fraction of sp³-hybridized carbons (Fsp3) is 0.444. The fourth-order valence-corrected chi connectivity index (χ4v) is 4.29. The van der Waals surface area contributed by atoms with Crippen molar-refractivity contribution in [2.24, 2.45) is 7.05 Å². The number of thioether (sulfide) groups is 1. The van der Waals surface area contributed by atoms with E-state index in [2.05, 4.69) is 5.32 Å². The summed E-state index contributed by atoms with van der Waals surface area (Å²) in [7, 11) is 1.94. The summed E-state index contributed by atoms with van der Waals surface area (Å²) in [5, 5.41) is 4.93. The zero-order chi connectivity index (χ0) is 16.2. The summed E-state index contributed by atoms with van der Waals surface area (Å²) < 4.78 is 2.00. The Labute approximate surface area is 140 Å². The van der Waals surface area contributed by atoms with Crippen LogP contribution >= 0.6 is 11.8 Å². The Morgan fingerprint density at radius 1 is 1.30 bits per heavy atom. The third kappa shape index (κ3) is 3.44. The number of nitrogens with zero attached hydrogens (tertiary/aromatic N) is 1. The van der Waals surface area contributed by atoms with Crippen LogP contribution in [0.15, 0.2) is 29.3 Å². The van der Waals surface area contributed by atoms with E-state index in [0.717, 1.165) is 35.1 Å². The third-order valence-electron chi connectivity index (χ3n) is 4.52. The zero-order valence-electron chi connectivity index (χ0n) is 13.4. The number of aldehydes is 1. The molecule has 1 aliphatic carbocycles. The van der Waals surface area contributed by atoms with Gasteiger partial charge in [0.1, 0.15) is 0 Å². The minimum Gasteiger partial charge on any atom is -0.353 e. The zero-order valence-corrected chi connectivity index (χ0v) is 14.2. The average molecular weight is 330 g/mol. The number of hydrogen-bond donors (Lipinski definition) is 1. The van der Waals surface area contributed by atoms with Crippen LogP contribution in [0.2, 0.25) is 0 Å². The van der Waals surface area contributed by atoms with E-state index < -0.39 is 0 Å². The van der Waals surface area contributed by atoms with Crippen LogP contribution in [-0.2, 0) is 11.8 Å². The molecule has 0 aliphatic heterocycles. The van der Waals surface area contributed by atoms with E-state index in [9.17, 15) is 9.59 Å². The van der Waals surface area contributed by atoms with Crippen molar-refractivity contribution in [3.8, 4) is 0 Å². The highest BCUT2D eigenvalue weighted by Crippen LogP contribution is 2.31. The summed E-state index contributed by atoms with van der Waals surface area (Å²) in [5.74, 6) is 0.408. The van der Waals surface area contributed by atoms with Gasteiger partial charge in [-0.05, 0) is 18.9 Å². The fourth-order valence-electron chi connectivity index (χ4n) is 3.34. The first-order valence-electron chi connectivity index (χ1n) is 8.15. The van der Waals surface area contributed by atoms with Gasteiger partial charge in [0.15, 0.2) is 6.29 Å². The van der Waals surface area contributed by atoms with Crippen molar-refractivity contribution >= 4 is 34.9 Å². The largest absolute Gasteiger partial charge is 0.353 e. The summed E-state index contributed by atoms with van der Waals surface area (Å²) in [6, 6.07) is 8.16. The number of nitrogens with one attached hydrogen (secondary N) is 1. The van der Waals surface area contributed by atoms with Gasteiger partial charge < -0.3 is 9.88 Å². The van der Waals surface area contributed by atoms with E-state index in [-0.39, 0.29) is 5.91 Å². The van der Waals surface area contributed by atoms with Crippen LogP contribution in [0.4, 0.5) is 0 Å². The van der Waals surface area contributed by atoms with Gasteiger partial charge in [0.2, 0.25) is 5.91 Å². The lowest BCUT2D eigenvalue weighted by Crippen LogP contribution is -2.37. The van der Waals surface area contributed by atoms with E-state index in [1.54, 1.807) is 0 Å². The van der Waals surface area contributed by atoms with Gasteiger partial charge >= 0.3 is 0 Å². The van der Waals surface area contributed by atoms with Gasteiger partial charge in [0, 0.05) is 24.0 Å². The number of carbonyl (C=O) groups excluding carboxylic acids is 2. The Hall–Kier alpha value is -1.75. The van der Waals surface area contributed by atoms with Crippen LogP contribution in [0.5, 0.6) is 0 Å². The van der Waals surface area contributed by atoms with Gasteiger partial charge in [0.25, 0.3) is 0 Å². The number of benzene rings is 1. The molecule has 0 radical (unpaired) electrons. The van der Waals surface area contributed by atoms with Crippen molar-refractivity contribution in [3.05, 3.63) is 29.8 Å². The van der Waals surface area contributed by atoms with Crippen LogP contribution in [-0.4, -0.2) is 28.6 Å². The molecule has 0 bridgehead atoms. The number of carbonyl (C=O) groups is 2. The van der Waals surface area contributed by atoms with E-state index in [0.29, 0.717) is 17.4 Å². The SMILES string of the molecule is Cn1c(SCC(=O)NC2CCCCC2)c(C=O)c2ccccc21. The summed E-state index contributed by atoms with van der Waals surface area (Å²) in [6.07, 6.45) is 6.75. The Morgan fingerprint density at radius 2 is 2.04 bits per heavy atom. The van der Waals surface area contributed by atoms with Crippen LogP contribution < -0.4 is 5.32 Å². The normalized spacial score (nSPS) is 15.7. The number of fused-ring (bicyclic) bond motifs is 1. The van der Waals surface area contributed by atoms with Gasteiger partial charge in [-0.25, -0.2) is 0 Å². The molecule has 1 aliphatic rings. The molecule has 0 saturated heterocycles. The summed E-state index contributed by atoms with van der Waals surface area (Å²) in [4.78, 5) is 23.7. The average Bonchev–Trinajstić information content (AvgIpc) is 2.86. The maximum atomic E-state index is 12.2. The van der Waals surface area contributed by atoms with Crippen LogP contribution in [0.25, 0.3) is 10.9 Å². The predicted molar refractivity (Wildman–Crippen MR) is 94.0 cm³/mol. The second kappa shape index (κ2) is 7.21. The van der Waals surface area contributed by atoms with E-state index in [1.807, 2.05) is 35.9 Å². The lowest BCUT2D eigenvalue weighted by atomic mass is 9.95. The highest BCUT2D eigenvalue weighted by molar-refractivity contribution is 8.00. The number of aromatic nitrogens is 1. The van der Waals surface area contributed by atoms with Crippen LogP contribution in [0.3, 0.4) is 0 Å². The molecule has 0 unspecified atom stereocenters. The molecule has 1 saturated carbocycles. The Kier molecular flexibility index (Phi) is 5.06. The molecule has 1 heterocycles. The van der Waals surface area contributed by atoms with Gasteiger partial charge in [-0.15, -0.1) is 0 Å². The van der Waals surface area contributed by atoms with Crippen molar-refractivity contribution in [1.29, 1.82) is 0 Å². The van der Waals surface area contributed by atoms with E-state index in [4.69, 9.17) is 0 Å². The molecule has 0 atom stereocenters. The van der Waals surface area contributed by atoms with E-state index >= 15 is 0 Å². The summed E-state index contributed by atoms with van der Waals surface area (Å²) in [5.41, 5.74) is 1.70. The molecule has 5 heteroatoms. The highest BCUT2D eigenvalue weighted by Gasteiger charge is 2.18. The minimum absolute atomic E-state index is 0.0593. The molecule has 3 rings (SSSR count). The molecule has 1 aromatic carbocycles. The molecule has 2 aromatic rings. The molecule has 4 nitrogen and oxygen atoms in total. The lowest BCUT2D eigenvalue weighted by Gasteiger charge is -2.22. The second-order valence-corrected chi connectivity index (χ2v) is 7.07. The van der Waals surface area contributed by atoms with Crippen LogP contribution in [0, 0.1) is 0 Å². The number of hydrogen-bond acceptors (Lipinski definition) is 3. The molecule has 122 valence electrons. The van der Waals surface area contributed by atoms with Crippen molar-refractivity contribution in [2.75, 3.05) is 5.75 Å². The predicted octanol–water partition coefficient (Wildman–Crippen LogP) is 3.53. The van der Waals surface area contributed by atoms with Crippen molar-refractivity contribution < 1.29 is 9.59 Å². The monoisotopic (exact) mass is 330 g/mol. The molecule has 1 N–H and O–H groups in total. The lowest BCUT2D eigenvalue weighted by molar-refractivity contribution is -0.119. The molecule has 1 fully saturated rings. The maximum Gasteiger partial charge on any atom is 0.230 e. The Balaban J connectivity index is 1.70. The van der Waals surface area contributed by atoms with Crippen LogP contribution in [0.1, 0.15) is 42.5 Å². The molecule has 1 amide bonds. The van der Waals surface area contributed by atoms with Gasteiger partial charge in [0.05, 0.1) is 16.3 Å². The van der Waals surface area contributed by atoms with Gasteiger partial charge in [-0.2, -0.15) is 0 Å². The van der Waals surface area contributed by atoms with Gasteiger partial charge in [-0.3, -0.25) is 9.59 Å². The number of para-hydroxylation sites is 1. The molecule has 1 aromatic heterocycles. The first-order valence-corrected chi connectivity index (χ1v) is 9.14. The molecule has 0 spiro atoms. The highest BCUT2D eigenvalue weighted by atomic mass is 32.2. The van der Waals surface area contributed by atoms with Crippen molar-refractivity contribution in [2.45, 2.75) is 43.2 Å². The quantitative estimate of drug-likeness (QED) is 0.674. The van der Waals surface area contributed by atoms with Crippen molar-refractivity contribution in [3.63, 3.8) is 0 Å². The van der Waals surface area contributed by atoms with Gasteiger partial charge in [-0.1, -0.05) is 49.2 Å². The smallest absolute Gasteiger partial charge is 0.230 e. The minimum atomic E-state index is 0.0593. The molecular formula is C18H22N2O2S. The third-order valence-corrected chi connectivity index (χ3v) is 5.69. The topological polar surface area (TPSA) is 51.1 Å². The molecule has 23 heavy (non-hydrogen) atoms. The Morgan fingerprint density at radius 3 is 2.78 bits per heavy atom. The number of rotatable bonds is 5. The van der Waals surface area contributed by atoms with E-state index in [1.165, 1.54) is 31.0 Å². The molecular weight excluding hydrogens is 308 g/mol. The second-order valence-electron chi connectivity index (χ2n) is 6.10. The first kappa shape index (κ1) is 16.1. The van der Waals surface area contributed by atoms with Crippen molar-refractivity contribution in [1.82, 2.24) is 9.88 Å². The Bertz CT molecular complexity index is 717. The number of aryl methyl sites for hydroxylation is 1. The number of amides is 1. The standard InChI is InChI=1S/C18H22N2O2S/c1-20-16-10-6-5-9-14(16)15(11-21)18(20)23-12-17(22)19-13-7-3-2-4-8-13/h5-6,9-11,13H,2-4,7-8,12H2,1H3,(H,19,22).